The first-order valence-electron chi connectivity index (χ1n) is 7.31. The Morgan fingerprint density at radius 3 is 2.56 bits per heavy atom. The lowest BCUT2D eigenvalue weighted by Crippen LogP contribution is -2.48. The first kappa shape index (κ1) is 12.2. The van der Waals surface area contributed by atoms with Gasteiger partial charge >= 0.3 is 0 Å². The van der Waals surface area contributed by atoms with Crippen molar-refractivity contribution in [2.75, 3.05) is 0 Å². The molecule has 0 aromatic carbocycles. The second kappa shape index (κ2) is 5.45. The molecule has 4 N–H and O–H groups in total. The van der Waals surface area contributed by atoms with Crippen LogP contribution in [0.4, 0.5) is 0 Å². The van der Waals surface area contributed by atoms with Crippen molar-refractivity contribution >= 4 is 5.96 Å². The van der Waals surface area contributed by atoms with E-state index in [4.69, 9.17) is 15.6 Å². The number of hydrogen-bond acceptors (Lipinski definition) is 3. The molecule has 0 spiro atoms. The van der Waals surface area contributed by atoms with Gasteiger partial charge in [-0.1, -0.05) is 19.3 Å². The summed E-state index contributed by atoms with van der Waals surface area (Å²) in [4.78, 5) is 4.72. The summed E-state index contributed by atoms with van der Waals surface area (Å²) in [6, 6.07) is 0.832. The van der Waals surface area contributed by atoms with Crippen molar-refractivity contribution in [3.63, 3.8) is 0 Å². The molecule has 2 heterocycles. The van der Waals surface area contributed by atoms with E-state index in [1.165, 1.54) is 38.5 Å². The zero-order valence-electron chi connectivity index (χ0n) is 10.9. The highest BCUT2D eigenvalue weighted by molar-refractivity contribution is 5.79. The van der Waals surface area contributed by atoms with Gasteiger partial charge in [0.25, 0.3) is 0 Å². The van der Waals surface area contributed by atoms with E-state index < -0.39 is 0 Å². The first-order valence-corrected chi connectivity index (χ1v) is 7.31. The molecule has 0 aromatic heterocycles. The molecule has 2 bridgehead atoms. The highest BCUT2D eigenvalue weighted by atomic mass is 16.5. The van der Waals surface area contributed by atoms with Crippen molar-refractivity contribution in [1.29, 1.82) is 0 Å². The molecule has 3 aliphatic rings. The lowest BCUT2D eigenvalue weighted by atomic mass is 9.95. The Labute approximate surface area is 109 Å². The number of nitrogens with zero attached hydrogens (tertiary/aromatic N) is 1. The predicted molar refractivity (Wildman–Crippen MR) is 71.1 cm³/mol. The fourth-order valence-electron chi connectivity index (χ4n) is 3.47. The van der Waals surface area contributed by atoms with Crippen LogP contribution in [0.2, 0.25) is 0 Å². The minimum absolute atomic E-state index is 0.297. The smallest absolute Gasteiger partial charge is 0.206 e. The zero-order valence-corrected chi connectivity index (χ0v) is 10.9. The molecule has 5 heteroatoms. The van der Waals surface area contributed by atoms with Crippen LogP contribution in [0.15, 0.2) is 4.99 Å². The van der Waals surface area contributed by atoms with Gasteiger partial charge in [0.1, 0.15) is 0 Å². The second-order valence-electron chi connectivity index (χ2n) is 5.78. The van der Waals surface area contributed by atoms with Crippen LogP contribution in [0.1, 0.15) is 51.4 Å². The summed E-state index contributed by atoms with van der Waals surface area (Å²) in [7, 11) is 0. The summed E-state index contributed by atoms with van der Waals surface area (Å²) in [5, 5.41) is 3.45. The number of aliphatic imine (C=N–C) groups is 1. The van der Waals surface area contributed by atoms with Crippen LogP contribution in [0, 0.1) is 0 Å². The molecule has 3 rings (SSSR count). The molecular weight excluding hydrogens is 228 g/mol. The Morgan fingerprint density at radius 2 is 1.94 bits per heavy atom. The Bertz CT molecular complexity index is 314. The highest BCUT2D eigenvalue weighted by Gasteiger charge is 2.40. The first-order chi connectivity index (χ1) is 8.85. The van der Waals surface area contributed by atoms with Gasteiger partial charge in [-0.25, -0.2) is 10.8 Å². The summed E-state index contributed by atoms with van der Waals surface area (Å²) >= 11 is 0. The van der Waals surface area contributed by atoms with E-state index in [0.29, 0.717) is 24.3 Å². The molecule has 0 aromatic rings. The maximum Gasteiger partial charge on any atom is 0.206 e. The Balaban J connectivity index is 1.57. The lowest BCUT2D eigenvalue weighted by molar-refractivity contribution is 0.101. The number of fused-ring (bicyclic) bond motifs is 2. The van der Waals surface area contributed by atoms with E-state index in [9.17, 15) is 0 Å². The molecule has 102 valence electrons. The molecule has 2 aliphatic heterocycles. The van der Waals surface area contributed by atoms with Gasteiger partial charge in [0.2, 0.25) is 5.96 Å². The van der Waals surface area contributed by atoms with E-state index in [0.717, 1.165) is 18.8 Å². The zero-order chi connectivity index (χ0) is 12.4. The van der Waals surface area contributed by atoms with Gasteiger partial charge in [-0.3, -0.25) is 5.43 Å². The molecular formula is C13H24N4O. The van der Waals surface area contributed by atoms with Crippen LogP contribution in [0.25, 0.3) is 0 Å². The molecule has 3 fully saturated rings. The molecule has 1 aliphatic carbocycles. The monoisotopic (exact) mass is 252 g/mol. The van der Waals surface area contributed by atoms with Gasteiger partial charge in [0.05, 0.1) is 18.2 Å². The summed E-state index contributed by atoms with van der Waals surface area (Å²) in [5.41, 5.74) is 2.72. The number of rotatable bonds is 2. The van der Waals surface area contributed by atoms with Crippen molar-refractivity contribution in [2.24, 2.45) is 10.8 Å². The van der Waals surface area contributed by atoms with Crippen molar-refractivity contribution in [1.82, 2.24) is 10.7 Å². The fraction of sp³-hybridized carbons (Fsp3) is 0.923. The number of hydrogen-bond donors (Lipinski definition) is 3. The van der Waals surface area contributed by atoms with Gasteiger partial charge in [-0.2, -0.15) is 0 Å². The Morgan fingerprint density at radius 1 is 1.11 bits per heavy atom. The largest absolute Gasteiger partial charge is 0.373 e. The second-order valence-corrected chi connectivity index (χ2v) is 5.78. The van der Waals surface area contributed by atoms with Gasteiger partial charge in [-0.05, 0) is 32.1 Å². The Kier molecular flexibility index (Phi) is 3.70. The van der Waals surface area contributed by atoms with E-state index in [1.54, 1.807) is 0 Å². The SMILES string of the molecule is NNC(=NC1CC2CCC1O2)NC1CCCCC1. The maximum absolute atomic E-state index is 5.82. The minimum Gasteiger partial charge on any atom is -0.373 e. The number of nitrogens with one attached hydrogen (secondary N) is 2. The van der Waals surface area contributed by atoms with E-state index >= 15 is 0 Å². The third-order valence-corrected chi connectivity index (χ3v) is 4.45. The van der Waals surface area contributed by atoms with Gasteiger partial charge in [0, 0.05) is 6.04 Å². The molecule has 1 saturated carbocycles. The van der Waals surface area contributed by atoms with Crippen molar-refractivity contribution < 1.29 is 4.74 Å². The Hall–Kier alpha value is -0.810. The number of hydrazine groups is 1. The molecule has 3 atom stereocenters. The van der Waals surface area contributed by atoms with Crippen LogP contribution < -0.4 is 16.6 Å². The summed E-state index contributed by atoms with van der Waals surface area (Å²) in [5.74, 6) is 6.33. The maximum atomic E-state index is 5.82. The van der Waals surface area contributed by atoms with Crippen LogP contribution in [-0.4, -0.2) is 30.3 Å². The van der Waals surface area contributed by atoms with Crippen LogP contribution in [-0.2, 0) is 4.74 Å². The molecule has 2 saturated heterocycles. The van der Waals surface area contributed by atoms with Crippen LogP contribution in [0.3, 0.4) is 0 Å². The molecule has 0 amide bonds. The fourth-order valence-corrected chi connectivity index (χ4v) is 3.47. The van der Waals surface area contributed by atoms with Gasteiger partial charge < -0.3 is 10.1 Å². The van der Waals surface area contributed by atoms with Crippen molar-refractivity contribution in [3.05, 3.63) is 0 Å². The van der Waals surface area contributed by atoms with Crippen LogP contribution >= 0.6 is 0 Å². The summed E-state index contributed by atoms with van der Waals surface area (Å²) < 4.78 is 5.82. The number of nitrogens with two attached hydrogens (primary N) is 1. The van der Waals surface area contributed by atoms with Crippen molar-refractivity contribution in [3.8, 4) is 0 Å². The number of guanidine groups is 1. The molecule has 3 unspecified atom stereocenters. The third kappa shape index (κ3) is 2.62. The predicted octanol–water partition coefficient (Wildman–Crippen LogP) is 1.05. The molecule has 18 heavy (non-hydrogen) atoms. The summed E-state index contributed by atoms with van der Waals surface area (Å²) in [6.07, 6.45) is 10.6. The average Bonchev–Trinajstić information content (AvgIpc) is 3.01. The normalized spacial score (nSPS) is 36.9. The average molecular weight is 252 g/mol. The number of ether oxygens (including phenoxy) is 1. The molecule has 0 radical (unpaired) electrons. The van der Waals surface area contributed by atoms with Crippen molar-refractivity contribution in [2.45, 2.75) is 75.7 Å². The highest BCUT2D eigenvalue weighted by Crippen LogP contribution is 2.36. The molecule has 5 nitrogen and oxygen atoms in total. The van der Waals surface area contributed by atoms with E-state index in [2.05, 4.69) is 10.7 Å². The van der Waals surface area contributed by atoms with Gasteiger partial charge in [-0.15, -0.1) is 0 Å². The summed E-state index contributed by atoms with van der Waals surface area (Å²) in [6.45, 7) is 0. The van der Waals surface area contributed by atoms with E-state index in [1.807, 2.05) is 0 Å². The lowest BCUT2D eigenvalue weighted by Gasteiger charge is -2.25. The standard InChI is InChI=1S/C13H24N4O/c14-17-13(15-9-4-2-1-3-5-9)16-11-8-10-6-7-12(11)18-10/h9-12H,1-8,14H2,(H2,15,16,17). The minimum atomic E-state index is 0.297. The third-order valence-electron chi connectivity index (χ3n) is 4.45. The topological polar surface area (TPSA) is 71.7 Å². The van der Waals surface area contributed by atoms with E-state index in [-0.39, 0.29) is 0 Å². The quantitative estimate of drug-likeness (QED) is 0.297. The van der Waals surface area contributed by atoms with Gasteiger partial charge in [0.15, 0.2) is 0 Å². The van der Waals surface area contributed by atoms with Crippen LogP contribution in [0.5, 0.6) is 0 Å².